The predicted octanol–water partition coefficient (Wildman–Crippen LogP) is 3.26. The topological polar surface area (TPSA) is 30.0 Å². The molecule has 0 aliphatic heterocycles. The molecule has 0 saturated heterocycles. The average molecular weight is 243 g/mol. The maximum Gasteiger partial charge on any atom is 0.168 e. The van der Waals surface area contributed by atoms with Crippen molar-refractivity contribution in [2.45, 2.75) is 20.3 Å². The van der Waals surface area contributed by atoms with Gasteiger partial charge in [0.15, 0.2) is 5.78 Å². The van der Waals surface area contributed by atoms with Crippen molar-refractivity contribution in [1.82, 2.24) is 4.98 Å². The summed E-state index contributed by atoms with van der Waals surface area (Å²) in [5.41, 5.74) is 3.47. The molecule has 1 aromatic carbocycles. The van der Waals surface area contributed by atoms with Crippen molar-refractivity contribution in [2.24, 2.45) is 0 Å². The third-order valence-corrected chi connectivity index (χ3v) is 2.88. The highest BCUT2D eigenvalue weighted by molar-refractivity contribution is 5.97. The Hall–Kier alpha value is -2.03. The number of pyridine rings is 1. The number of nitrogens with zero attached hydrogens (tertiary/aromatic N) is 1. The number of carbonyl (C=O) groups excluding carboxylic acids is 1. The van der Waals surface area contributed by atoms with Gasteiger partial charge in [-0.05, 0) is 31.0 Å². The van der Waals surface area contributed by atoms with Gasteiger partial charge in [-0.1, -0.05) is 23.8 Å². The Kier molecular flexibility index (Phi) is 3.51. The molecule has 0 aliphatic carbocycles. The van der Waals surface area contributed by atoms with Crippen LogP contribution in [-0.4, -0.2) is 10.8 Å². The monoisotopic (exact) mass is 243 g/mol. The molecule has 0 bridgehead atoms. The van der Waals surface area contributed by atoms with Gasteiger partial charge in [0.25, 0.3) is 0 Å². The number of halogens is 1. The summed E-state index contributed by atoms with van der Waals surface area (Å²) in [4.78, 5) is 15.7. The summed E-state index contributed by atoms with van der Waals surface area (Å²) >= 11 is 0. The molecule has 0 N–H and O–H groups in total. The van der Waals surface area contributed by atoms with Gasteiger partial charge in [-0.2, -0.15) is 0 Å². The Morgan fingerprint density at radius 3 is 2.72 bits per heavy atom. The zero-order chi connectivity index (χ0) is 13.1. The van der Waals surface area contributed by atoms with Crippen molar-refractivity contribution in [3.05, 3.63) is 64.7 Å². The molecule has 0 fully saturated rings. The summed E-state index contributed by atoms with van der Waals surface area (Å²) in [7, 11) is 0. The van der Waals surface area contributed by atoms with Crippen LogP contribution in [-0.2, 0) is 6.42 Å². The molecule has 3 heteroatoms. The number of hydrogen-bond acceptors (Lipinski definition) is 2. The number of Topliss-reactive ketones (excluding diaryl/α,β-unsaturated/α-hetero) is 1. The van der Waals surface area contributed by atoms with Gasteiger partial charge in [-0.3, -0.25) is 9.78 Å². The summed E-state index contributed by atoms with van der Waals surface area (Å²) in [6, 6.07) is 7.20. The molecule has 0 spiro atoms. The fourth-order valence-corrected chi connectivity index (χ4v) is 1.83. The Balaban J connectivity index is 2.24. The molecule has 2 rings (SSSR count). The molecular formula is C15H14FNO. The second-order valence-corrected chi connectivity index (χ2v) is 4.42. The molecule has 92 valence electrons. The van der Waals surface area contributed by atoms with E-state index in [-0.39, 0.29) is 12.2 Å². The Morgan fingerprint density at radius 2 is 2.00 bits per heavy atom. The Labute approximate surface area is 105 Å². The van der Waals surface area contributed by atoms with Crippen molar-refractivity contribution in [2.75, 3.05) is 0 Å². The number of benzene rings is 1. The van der Waals surface area contributed by atoms with E-state index in [2.05, 4.69) is 4.98 Å². The van der Waals surface area contributed by atoms with Crippen molar-refractivity contribution in [3.8, 4) is 0 Å². The summed E-state index contributed by atoms with van der Waals surface area (Å²) < 4.78 is 13.0. The normalized spacial score (nSPS) is 10.4. The number of aromatic nitrogens is 1. The van der Waals surface area contributed by atoms with Crippen LogP contribution >= 0.6 is 0 Å². The van der Waals surface area contributed by atoms with E-state index in [0.717, 1.165) is 22.9 Å². The first kappa shape index (κ1) is 12.4. The molecule has 0 radical (unpaired) electrons. The van der Waals surface area contributed by atoms with Crippen molar-refractivity contribution >= 4 is 5.78 Å². The quantitative estimate of drug-likeness (QED) is 0.774. The number of ketones is 1. The Morgan fingerprint density at radius 1 is 1.22 bits per heavy atom. The van der Waals surface area contributed by atoms with E-state index in [1.54, 1.807) is 0 Å². The van der Waals surface area contributed by atoms with Gasteiger partial charge in [-0.25, -0.2) is 4.39 Å². The van der Waals surface area contributed by atoms with Crippen LogP contribution in [0.4, 0.5) is 4.39 Å². The lowest BCUT2D eigenvalue weighted by Gasteiger charge is -2.06. The first-order valence-corrected chi connectivity index (χ1v) is 5.76. The van der Waals surface area contributed by atoms with Gasteiger partial charge in [0.1, 0.15) is 5.82 Å². The molecule has 2 aromatic rings. The molecule has 1 heterocycles. The van der Waals surface area contributed by atoms with Crippen molar-refractivity contribution in [3.63, 3.8) is 0 Å². The highest BCUT2D eigenvalue weighted by atomic mass is 19.1. The number of aryl methyl sites for hydroxylation is 2. The van der Waals surface area contributed by atoms with Gasteiger partial charge in [-0.15, -0.1) is 0 Å². The molecule has 0 aliphatic rings. The van der Waals surface area contributed by atoms with Gasteiger partial charge < -0.3 is 0 Å². The predicted molar refractivity (Wildman–Crippen MR) is 68.1 cm³/mol. The van der Waals surface area contributed by atoms with Crippen LogP contribution < -0.4 is 0 Å². The second-order valence-electron chi connectivity index (χ2n) is 4.42. The van der Waals surface area contributed by atoms with E-state index < -0.39 is 5.82 Å². The van der Waals surface area contributed by atoms with Crippen LogP contribution in [0.15, 0.2) is 36.7 Å². The highest BCUT2D eigenvalue weighted by Gasteiger charge is 2.10. The lowest BCUT2D eigenvalue weighted by atomic mass is 9.98. The lowest BCUT2D eigenvalue weighted by Crippen LogP contribution is -2.06. The van der Waals surface area contributed by atoms with E-state index in [1.165, 1.54) is 12.3 Å². The standard InChI is InChI=1S/C15H14FNO/c1-10-3-4-11(2)12(5-10)7-15(18)13-6-14(16)9-17-8-13/h3-6,8-9H,7H2,1-2H3. The zero-order valence-corrected chi connectivity index (χ0v) is 10.4. The van der Waals surface area contributed by atoms with Crippen LogP contribution in [0.3, 0.4) is 0 Å². The van der Waals surface area contributed by atoms with Crippen molar-refractivity contribution in [1.29, 1.82) is 0 Å². The highest BCUT2D eigenvalue weighted by Crippen LogP contribution is 2.14. The summed E-state index contributed by atoms with van der Waals surface area (Å²) in [5.74, 6) is -0.600. The SMILES string of the molecule is Cc1ccc(C)c(CC(=O)c2cncc(F)c2)c1. The summed E-state index contributed by atoms with van der Waals surface area (Å²) in [6.45, 7) is 3.95. The number of hydrogen-bond donors (Lipinski definition) is 0. The molecule has 2 nitrogen and oxygen atoms in total. The zero-order valence-electron chi connectivity index (χ0n) is 10.4. The van der Waals surface area contributed by atoms with E-state index in [0.29, 0.717) is 5.56 Å². The minimum absolute atomic E-state index is 0.115. The van der Waals surface area contributed by atoms with Crippen LogP contribution in [0, 0.1) is 19.7 Å². The molecule has 18 heavy (non-hydrogen) atoms. The van der Waals surface area contributed by atoms with Crippen LogP contribution in [0.5, 0.6) is 0 Å². The Bertz CT molecular complexity index is 593. The van der Waals surface area contributed by atoms with Crippen LogP contribution in [0.25, 0.3) is 0 Å². The number of rotatable bonds is 3. The first-order valence-electron chi connectivity index (χ1n) is 5.76. The molecule has 0 saturated carbocycles. The number of carbonyl (C=O) groups is 1. The minimum atomic E-state index is -0.484. The fourth-order valence-electron chi connectivity index (χ4n) is 1.83. The molecule has 1 aromatic heterocycles. The largest absolute Gasteiger partial charge is 0.294 e. The average Bonchev–Trinajstić information content (AvgIpc) is 2.34. The summed E-state index contributed by atoms with van der Waals surface area (Å²) in [5, 5.41) is 0. The third kappa shape index (κ3) is 2.80. The maximum absolute atomic E-state index is 13.0. The lowest BCUT2D eigenvalue weighted by molar-refractivity contribution is 0.0992. The summed E-state index contributed by atoms with van der Waals surface area (Å²) in [6.07, 6.45) is 2.77. The van der Waals surface area contributed by atoms with Crippen LogP contribution in [0.2, 0.25) is 0 Å². The van der Waals surface area contributed by atoms with E-state index in [4.69, 9.17) is 0 Å². The van der Waals surface area contributed by atoms with Crippen molar-refractivity contribution < 1.29 is 9.18 Å². The van der Waals surface area contributed by atoms with E-state index in [9.17, 15) is 9.18 Å². The molecule has 0 atom stereocenters. The molecule has 0 unspecified atom stereocenters. The van der Waals surface area contributed by atoms with Crippen LogP contribution in [0.1, 0.15) is 27.0 Å². The third-order valence-electron chi connectivity index (χ3n) is 2.88. The van der Waals surface area contributed by atoms with Gasteiger partial charge in [0, 0.05) is 18.2 Å². The van der Waals surface area contributed by atoms with Gasteiger partial charge >= 0.3 is 0 Å². The second kappa shape index (κ2) is 5.08. The smallest absolute Gasteiger partial charge is 0.168 e. The maximum atomic E-state index is 13.0. The fraction of sp³-hybridized carbons (Fsp3) is 0.200. The van der Waals surface area contributed by atoms with E-state index >= 15 is 0 Å². The van der Waals surface area contributed by atoms with E-state index in [1.807, 2.05) is 32.0 Å². The molecular weight excluding hydrogens is 229 g/mol. The van der Waals surface area contributed by atoms with Gasteiger partial charge in [0.05, 0.1) is 6.20 Å². The van der Waals surface area contributed by atoms with Gasteiger partial charge in [0.2, 0.25) is 0 Å². The molecule has 0 amide bonds. The minimum Gasteiger partial charge on any atom is -0.294 e. The first-order chi connectivity index (χ1) is 8.56.